The predicted molar refractivity (Wildman–Crippen MR) is 66.1 cm³/mol. The Balaban J connectivity index is 2.83. The highest BCUT2D eigenvalue weighted by Crippen LogP contribution is 2.13. The number of rotatable bonds is 5. The first kappa shape index (κ1) is 13.6. The summed E-state index contributed by atoms with van der Waals surface area (Å²) in [6.07, 6.45) is 0.935. The zero-order valence-electron chi connectivity index (χ0n) is 10.5. The van der Waals surface area contributed by atoms with Gasteiger partial charge in [0.25, 0.3) is 0 Å². The van der Waals surface area contributed by atoms with Gasteiger partial charge >= 0.3 is 0 Å². The molecule has 0 atom stereocenters. The number of nitrogens with two attached hydrogens (primary N) is 1. The van der Waals surface area contributed by atoms with Crippen molar-refractivity contribution in [2.45, 2.75) is 39.3 Å². The van der Waals surface area contributed by atoms with Crippen molar-refractivity contribution in [3.63, 3.8) is 0 Å². The Morgan fingerprint density at radius 2 is 2.12 bits per heavy atom. The average molecular weight is 238 g/mol. The molecule has 0 aromatic heterocycles. The topological polar surface area (TPSA) is 55.1 Å². The van der Waals surface area contributed by atoms with Crippen molar-refractivity contribution >= 4 is 5.91 Å². The second-order valence-electron chi connectivity index (χ2n) is 4.76. The van der Waals surface area contributed by atoms with Gasteiger partial charge in [0.05, 0.1) is 0 Å². The van der Waals surface area contributed by atoms with Crippen LogP contribution in [0.2, 0.25) is 0 Å². The van der Waals surface area contributed by atoms with E-state index in [4.69, 9.17) is 5.73 Å². The summed E-state index contributed by atoms with van der Waals surface area (Å²) in [6.45, 7) is 6.53. The van der Waals surface area contributed by atoms with Gasteiger partial charge in [0.15, 0.2) is 0 Å². The molecular formula is C13H19FN2O. The van der Waals surface area contributed by atoms with Crippen LogP contribution in [0.15, 0.2) is 18.2 Å². The van der Waals surface area contributed by atoms with E-state index in [0.717, 1.165) is 6.42 Å². The fourth-order valence-corrected chi connectivity index (χ4v) is 1.32. The molecule has 0 fully saturated rings. The van der Waals surface area contributed by atoms with E-state index >= 15 is 0 Å². The minimum atomic E-state index is -0.541. The highest BCUT2D eigenvalue weighted by molar-refractivity contribution is 5.92. The fourth-order valence-electron chi connectivity index (χ4n) is 1.32. The van der Waals surface area contributed by atoms with Crippen molar-refractivity contribution in [2.75, 3.05) is 0 Å². The minimum absolute atomic E-state index is 0.0603. The lowest BCUT2D eigenvalue weighted by Crippen LogP contribution is -2.38. The number of benzene rings is 1. The maximum atomic E-state index is 13.5. The summed E-state index contributed by atoms with van der Waals surface area (Å²) in [6, 6.07) is 4.17. The summed E-state index contributed by atoms with van der Waals surface area (Å²) in [4.78, 5) is 11.0. The van der Waals surface area contributed by atoms with Crippen molar-refractivity contribution < 1.29 is 9.18 Å². The van der Waals surface area contributed by atoms with Crippen LogP contribution in [0.5, 0.6) is 0 Å². The third-order valence-corrected chi connectivity index (χ3v) is 2.97. The molecule has 0 heterocycles. The van der Waals surface area contributed by atoms with E-state index in [1.54, 1.807) is 0 Å². The monoisotopic (exact) mass is 238 g/mol. The Morgan fingerprint density at radius 1 is 1.47 bits per heavy atom. The molecule has 0 radical (unpaired) electrons. The Hall–Kier alpha value is -1.42. The first-order valence-corrected chi connectivity index (χ1v) is 5.69. The van der Waals surface area contributed by atoms with Crippen LogP contribution < -0.4 is 11.1 Å². The first-order valence-electron chi connectivity index (χ1n) is 5.69. The molecule has 0 saturated carbocycles. The summed E-state index contributed by atoms with van der Waals surface area (Å²) in [7, 11) is 0. The second-order valence-corrected chi connectivity index (χ2v) is 4.76. The van der Waals surface area contributed by atoms with Crippen molar-refractivity contribution in [1.82, 2.24) is 5.32 Å². The van der Waals surface area contributed by atoms with E-state index in [-0.39, 0.29) is 11.4 Å². The molecule has 1 rings (SSSR count). The standard InChI is InChI=1S/C13H19FN2O/c1-4-13(2,3)16-8-10-7-9(12(15)17)5-6-11(10)14/h5-7,16H,4,8H2,1-3H3,(H2,15,17). The number of halogens is 1. The van der Waals surface area contributed by atoms with Gasteiger partial charge in [-0.3, -0.25) is 4.79 Å². The molecule has 0 aliphatic carbocycles. The molecule has 0 aliphatic rings. The summed E-state index contributed by atoms with van der Waals surface area (Å²) in [5, 5.41) is 3.24. The largest absolute Gasteiger partial charge is 0.366 e. The van der Waals surface area contributed by atoms with Gasteiger partial charge in [-0.2, -0.15) is 0 Å². The number of carbonyl (C=O) groups excluding carboxylic acids is 1. The van der Waals surface area contributed by atoms with E-state index in [9.17, 15) is 9.18 Å². The SMILES string of the molecule is CCC(C)(C)NCc1cc(C(N)=O)ccc1F. The highest BCUT2D eigenvalue weighted by atomic mass is 19.1. The smallest absolute Gasteiger partial charge is 0.248 e. The summed E-state index contributed by atoms with van der Waals surface area (Å²) in [5.41, 5.74) is 5.89. The maximum Gasteiger partial charge on any atom is 0.248 e. The lowest BCUT2D eigenvalue weighted by atomic mass is 10.0. The third-order valence-electron chi connectivity index (χ3n) is 2.97. The van der Waals surface area contributed by atoms with Gasteiger partial charge in [-0.25, -0.2) is 4.39 Å². The fraction of sp³-hybridized carbons (Fsp3) is 0.462. The highest BCUT2D eigenvalue weighted by Gasteiger charge is 2.15. The number of nitrogens with one attached hydrogen (secondary N) is 1. The van der Waals surface area contributed by atoms with Gasteiger partial charge in [-0.15, -0.1) is 0 Å². The Bertz CT molecular complexity index is 416. The van der Waals surface area contributed by atoms with Gasteiger partial charge in [0, 0.05) is 23.2 Å². The number of amides is 1. The van der Waals surface area contributed by atoms with E-state index in [1.165, 1.54) is 18.2 Å². The number of hydrogen-bond acceptors (Lipinski definition) is 2. The van der Waals surface area contributed by atoms with Crippen molar-refractivity contribution in [1.29, 1.82) is 0 Å². The Labute approximate surface area is 101 Å². The molecule has 1 aromatic carbocycles. The van der Waals surface area contributed by atoms with Crippen LogP contribution in [0.1, 0.15) is 43.1 Å². The van der Waals surface area contributed by atoms with Gasteiger partial charge < -0.3 is 11.1 Å². The molecule has 17 heavy (non-hydrogen) atoms. The van der Waals surface area contributed by atoms with Crippen LogP contribution in [0.3, 0.4) is 0 Å². The molecule has 0 aliphatic heterocycles. The van der Waals surface area contributed by atoms with E-state index < -0.39 is 5.91 Å². The Kier molecular flexibility index (Phi) is 4.23. The van der Waals surface area contributed by atoms with E-state index in [0.29, 0.717) is 17.7 Å². The average Bonchev–Trinajstić information content (AvgIpc) is 2.27. The van der Waals surface area contributed by atoms with Crippen molar-refractivity contribution in [2.24, 2.45) is 5.73 Å². The number of primary amides is 1. The molecule has 3 N–H and O–H groups in total. The van der Waals surface area contributed by atoms with Gasteiger partial charge in [0.1, 0.15) is 5.82 Å². The lowest BCUT2D eigenvalue weighted by molar-refractivity contribution is 0.1000. The lowest BCUT2D eigenvalue weighted by Gasteiger charge is -2.24. The summed E-state index contributed by atoms with van der Waals surface area (Å²) >= 11 is 0. The summed E-state index contributed by atoms with van der Waals surface area (Å²) < 4.78 is 13.5. The van der Waals surface area contributed by atoms with Crippen molar-refractivity contribution in [3.05, 3.63) is 35.1 Å². The molecular weight excluding hydrogens is 219 g/mol. The third kappa shape index (κ3) is 3.82. The molecule has 0 spiro atoms. The molecule has 3 nitrogen and oxygen atoms in total. The van der Waals surface area contributed by atoms with Crippen LogP contribution in [-0.4, -0.2) is 11.4 Å². The number of hydrogen-bond donors (Lipinski definition) is 2. The molecule has 0 bridgehead atoms. The zero-order valence-corrected chi connectivity index (χ0v) is 10.5. The molecule has 1 aromatic rings. The predicted octanol–water partition coefficient (Wildman–Crippen LogP) is 2.20. The zero-order chi connectivity index (χ0) is 13.1. The summed E-state index contributed by atoms with van der Waals surface area (Å²) in [5.74, 6) is -0.865. The normalized spacial score (nSPS) is 11.5. The van der Waals surface area contributed by atoms with Crippen LogP contribution in [0, 0.1) is 5.82 Å². The minimum Gasteiger partial charge on any atom is -0.366 e. The molecule has 1 amide bonds. The van der Waals surface area contributed by atoms with E-state index in [2.05, 4.69) is 12.2 Å². The maximum absolute atomic E-state index is 13.5. The molecule has 94 valence electrons. The van der Waals surface area contributed by atoms with Gasteiger partial charge in [-0.05, 0) is 38.5 Å². The Morgan fingerprint density at radius 3 is 2.65 bits per heavy atom. The van der Waals surface area contributed by atoms with Crippen LogP contribution >= 0.6 is 0 Å². The van der Waals surface area contributed by atoms with Crippen LogP contribution in [0.4, 0.5) is 4.39 Å². The van der Waals surface area contributed by atoms with Crippen LogP contribution in [0.25, 0.3) is 0 Å². The first-order chi connectivity index (χ1) is 7.85. The quantitative estimate of drug-likeness (QED) is 0.826. The molecule has 0 saturated heterocycles. The van der Waals surface area contributed by atoms with Gasteiger partial charge in [-0.1, -0.05) is 6.92 Å². The van der Waals surface area contributed by atoms with Gasteiger partial charge in [0.2, 0.25) is 5.91 Å². The molecule has 0 unspecified atom stereocenters. The van der Waals surface area contributed by atoms with E-state index in [1.807, 2.05) is 13.8 Å². The van der Waals surface area contributed by atoms with Crippen molar-refractivity contribution in [3.8, 4) is 0 Å². The molecule has 4 heteroatoms. The second kappa shape index (κ2) is 5.27. The number of carbonyl (C=O) groups is 1. The van der Waals surface area contributed by atoms with Crippen LogP contribution in [-0.2, 0) is 6.54 Å².